The SMILES string of the molecule is COc1ccc(CN(CCC(=O)NCc2ccccn2)C(C)=O)cc1. The molecule has 2 amide bonds. The molecule has 1 heterocycles. The molecule has 0 bridgehead atoms. The van der Waals surface area contributed by atoms with Gasteiger partial charge in [-0.1, -0.05) is 18.2 Å². The third-order valence-electron chi connectivity index (χ3n) is 3.78. The zero-order valence-corrected chi connectivity index (χ0v) is 14.6. The first-order valence-electron chi connectivity index (χ1n) is 8.13. The summed E-state index contributed by atoms with van der Waals surface area (Å²) in [6.07, 6.45) is 1.94. The summed E-state index contributed by atoms with van der Waals surface area (Å²) in [5, 5.41) is 2.82. The largest absolute Gasteiger partial charge is 0.497 e. The standard InChI is InChI=1S/C19H23N3O3/c1-15(23)22(14-16-6-8-18(25-2)9-7-16)12-10-19(24)21-13-17-5-3-4-11-20-17/h3-9,11H,10,12-14H2,1-2H3,(H,21,24). The van der Waals surface area contributed by atoms with Crippen LogP contribution < -0.4 is 10.1 Å². The molecule has 1 N–H and O–H groups in total. The minimum absolute atomic E-state index is 0.0617. The maximum absolute atomic E-state index is 12.0. The molecule has 1 aromatic carbocycles. The van der Waals surface area contributed by atoms with Crippen LogP contribution in [0.25, 0.3) is 0 Å². The summed E-state index contributed by atoms with van der Waals surface area (Å²) in [5.74, 6) is 0.604. The van der Waals surface area contributed by atoms with Crippen molar-refractivity contribution in [1.82, 2.24) is 15.2 Å². The second-order valence-corrected chi connectivity index (χ2v) is 5.64. The molecule has 2 aromatic rings. The van der Waals surface area contributed by atoms with Crippen LogP contribution >= 0.6 is 0 Å². The van der Waals surface area contributed by atoms with Crippen molar-refractivity contribution in [1.29, 1.82) is 0 Å². The Balaban J connectivity index is 1.82. The Labute approximate surface area is 147 Å². The molecule has 0 spiro atoms. The number of nitrogens with zero attached hydrogens (tertiary/aromatic N) is 2. The summed E-state index contributed by atoms with van der Waals surface area (Å²) in [6, 6.07) is 13.1. The highest BCUT2D eigenvalue weighted by atomic mass is 16.5. The quantitative estimate of drug-likeness (QED) is 0.798. The van der Waals surface area contributed by atoms with Crippen LogP contribution in [0.15, 0.2) is 48.7 Å². The molecule has 2 rings (SSSR count). The third kappa shape index (κ3) is 6.25. The first-order chi connectivity index (χ1) is 12.1. The molecule has 0 saturated heterocycles. The molecule has 0 aliphatic heterocycles. The highest BCUT2D eigenvalue weighted by molar-refractivity contribution is 5.78. The first-order valence-corrected chi connectivity index (χ1v) is 8.13. The molecular formula is C19H23N3O3. The second kappa shape index (κ2) is 9.42. The van der Waals surface area contributed by atoms with Crippen LogP contribution in [0.4, 0.5) is 0 Å². The van der Waals surface area contributed by atoms with Crippen LogP contribution in [-0.4, -0.2) is 35.4 Å². The maximum atomic E-state index is 12.0. The number of pyridine rings is 1. The van der Waals surface area contributed by atoms with Crippen molar-refractivity contribution in [2.24, 2.45) is 0 Å². The van der Waals surface area contributed by atoms with E-state index in [0.29, 0.717) is 19.6 Å². The highest BCUT2D eigenvalue weighted by Crippen LogP contribution is 2.13. The van der Waals surface area contributed by atoms with E-state index >= 15 is 0 Å². The predicted octanol–water partition coefficient (Wildman–Crippen LogP) is 2.15. The van der Waals surface area contributed by atoms with Gasteiger partial charge in [0.25, 0.3) is 0 Å². The van der Waals surface area contributed by atoms with Gasteiger partial charge in [0.2, 0.25) is 11.8 Å². The minimum atomic E-state index is -0.105. The molecule has 25 heavy (non-hydrogen) atoms. The number of hydrogen-bond donors (Lipinski definition) is 1. The number of carbonyl (C=O) groups excluding carboxylic acids is 2. The number of ether oxygens (including phenoxy) is 1. The fourth-order valence-electron chi connectivity index (χ4n) is 2.32. The lowest BCUT2D eigenvalue weighted by molar-refractivity contribution is -0.130. The monoisotopic (exact) mass is 341 g/mol. The Bertz CT molecular complexity index is 687. The summed E-state index contributed by atoms with van der Waals surface area (Å²) in [6.45, 7) is 2.73. The zero-order valence-electron chi connectivity index (χ0n) is 14.6. The van der Waals surface area contributed by atoms with E-state index < -0.39 is 0 Å². The molecule has 0 aliphatic rings. The van der Waals surface area contributed by atoms with E-state index in [2.05, 4.69) is 10.3 Å². The topological polar surface area (TPSA) is 71.5 Å². The van der Waals surface area contributed by atoms with E-state index in [0.717, 1.165) is 17.0 Å². The molecule has 6 nitrogen and oxygen atoms in total. The van der Waals surface area contributed by atoms with Gasteiger partial charge < -0.3 is 15.0 Å². The van der Waals surface area contributed by atoms with Crippen molar-refractivity contribution in [3.05, 3.63) is 59.9 Å². The van der Waals surface area contributed by atoms with E-state index in [1.165, 1.54) is 6.92 Å². The molecule has 0 fully saturated rings. The normalized spacial score (nSPS) is 10.2. The Morgan fingerprint density at radius 2 is 1.92 bits per heavy atom. The fourth-order valence-corrected chi connectivity index (χ4v) is 2.32. The van der Waals surface area contributed by atoms with Gasteiger partial charge in [0.15, 0.2) is 0 Å². The van der Waals surface area contributed by atoms with Gasteiger partial charge >= 0.3 is 0 Å². The second-order valence-electron chi connectivity index (χ2n) is 5.64. The van der Waals surface area contributed by atoms with Crippen molar-refractivity contribution in [3.8, 4) is 5.75 Å². The van der Waals surface area contributed by atoms with Crippen molar-refractivity contribution in [3.63, 3.8) is 0 Å². The van der Waals surface area contributed by atoms with E-state index in [4.69, 9.17) is 4.74 Å². The van der Waals surface area contributed by atoms with Gasteiger partial charge in [-0.15, -0.1) is 0 Å². The maximum Gasteiger partial charge on any atom is 0.222 e. The highest BCUT2D eigenvalue weighted by Gasteiger charge is 2.12. The number of amides is 2. The van der Waals surface area contributed by atoms with E-state index in [1.54, 1.807) is 18.2 Å². The number of rotatable bonds is 8. The Morgan fingerprint density at radius 3 is 2.52 bits per heavy atom. The number of nitrogens with one attached hydrogen (secondary N) is 1. The summed E-state index contributed by atoms with van der Waals surface area (Å²) >= 11 is 0. The summed E-state index contributed by atoms with van der Waals surface area (Å²) in [7, 11) is 1.61. The van der Waals surface area contributed by atoms with E-state index in [-0.39, 0.29) is 18.2 Å². The average Bonchev–Trinajstić information content (AvgIpc) is 2.64. The third-order valence-corrected chi connectivity index (χ3v) is 3.78. The van der Waals surface area contributed by atoms with Crippen molar-refractivity contribution in [2.75, 3.05) is 13.7 Å². The van der Waals surface area contributed by atoms with Crippen LogP contribution in [0.5, 0.6) is 5.75 Å². The van der Waals surface area contributed by atoms with Crippen molar-refractivity contribution < 1.29 is 14.3 Å². The molecule has 6 heteroatoms. The lowest BCUT2D eigenvalue weighted by Crippen LogP contribution is -2.33. The van der Waals surface area contributed by atoms with Crippen molar-refractivity contribution >= 4 is 11.8 Å². The summed E-state index contributed by atoms with van der Waals surface area (Å²) in [5.41, 5.74) is 1.79. The molecule has 0 unspecified atom stereocenters. The van der Waals surface area contributed by atoms with Crippen molar-refractivity contribution in [2.45, 2.75) is 26.4 Å². The Morgan fingerprint density at radius 1 is 1.16 bits per heavy atom. The van der Waals surface area contributed by atoms with Crippen LogP contribution in [-0.2, 0) is 22.7 Å². The summed E-state index contributed by atoms with van der Waals surface area (Å²) in [4.78, 5) is 29.6. The van der Waals surface area contributed by atoms with Gasteiger partial charge in [0.05, 0.1) is 19.3 Å². The van der Waals surface area contributed by atoms with Crippen LogP contribution in [0.1, 0.15) is 24.6 Å². The molecule has 132 valence electrons. The van der Waals surface area contributed by atoms with Gasteiger partial charge in [0.1, 0.15) is 5.75 Å². The smallest absolute Gasteiger partial charge is 0.222 e. The number of benzene rings is 1. The van der Waals surface area contributed by atoms with E-state index in [1.807, 2.05) is 42.5 Å². The molecule has 0 radical (unpaired) electrons. The van der Waals surface area contributed by atoms with E-state index in [9.17, 15) is 9.59 Å². The lowest BCUT2D eigenvalue weighted by atomic mass is 10.2. The molecule has 1 aromatic heterocycles. The average molecular weight is 341 g/mol. The summed E-state index contributed by atoms with van der Waals surface area (Å²) < 4.78 is 5.13. The fraction of sp³-hybridized carbons (Fsp3) is 0.316. The zero-order chi connectivity index (χ0) is 18.1. The van der Waals surface area contributed by atoms with Gasteiger partial charge in [0, 0.05) is 32.6 Å². The van der Waals surface area contributed by atoms with Crippen LogP contribution in [0, 0.1) is 0 Å². The van der Waals surface area contributed by atoms with Gasteiger partial charge in [-0.3, -0.25) is 14.6 Å². The van der Waals surface area contributed by atoms with Gasteiger partial charge in [-0.2, -0.15) is 0 Å². The minimum Gasteiger partial charge on any atom is -0.497 e. The Kier molecular flexibility index (Phi) is 6.95. The predicted molar refractivity (Wildman–Crippen MR) is 94.8 cm³/mol. The van der Waals surface area contributed by atoms with Gasteiger partial charge in [-0.25, -0.2) is 0 Å². The van der Waals surface area contributed by atoms with Crippen LogP contribution in [0.3, 0.4) is 0 Å². The van der Waals surface area contributed by atoms with Crippen LogP contribution in [0.2, 0.25) is 0 Å². The lowest BCUT2D eigenvalue weighted by Gasteiger charge is -2.21. The number of aromatic nitrogens is 1. The first kappa shape index (κ1) is 18.4. The molecule has 0 atom stereocenters. The Hall–Kier alpha value is -2.89. The number of carbonyl (C=O) groups is 2. The number of hydrogen-bond acceptors (Lipinski definition) is 4. The molecule has 0 saturated carbocycles. The molecular weight excluding hydrogens is 318 g/mol. The number of methoxy groups -OCH3 is 1. The van der Waals surface area contributed by atoms with Gasteiger partial charge in [-0.05, 0) is 29.8 Å². The molecule has 0 aliphatic carbocycles.